The van der Waals surface area contributed by atoms with Gasteiger partial charge in [0.05, 0.1) is 22.6 Å². The number of nitrogens with zero attached hydrogens (tertiary/aromatic N) is 5. The highest BCUT2D eigenvalue weighted by molar-refractivity contribution is 6.36. The van der Waals surface area contributed by atoms with Gasteiger partial charge in [0.1, 0.15) is 11.8 Å². The standard InChI is InChI=1S/C22H24ClN7O.3C2HF3O2/c23-17-9-15(5-7-25-21-19-22(27-12-26-19)29-13-28-21)20(18-16(17)4-1-6-24-18)30-8-2-3-14(10-30)11-31;3*3-2(4,5)1(6)7/h1,4,6,9,12-14,31H,2-3,5,7-8,10-11H2,(H2,25,26,27,28,29);3*(H,6,7). The lowest BCUT2D eigenvalue weighted by Gasteiger charge is -2.35. The maximum atomic E-state index is 10.6. The van der Waals surface area contributed by atoms with Crippen LogP contribution in [0.15, 0.2) is 37.1 Å². The number of aliphatic hydroxyl groups is 1. The topological polar surface area (TPSA) is 215 Å². The van der Waals surface area contributed by atoms with Gasteiger partial charge in [-0.05, 0) is 48.9 Å². The summed E-state index contributed by atoms with van der Waals surface area (Å²) in [6, 6.07) is 5.98. The fourth-order valence-electron chi connectivity index (χ4n) is 4.41. The van der Waals surface area contributed by atoms with Gasteiger partial charge in [-0.15, -0.1) is 0 Å². The summed E-state index contributed by atoms with van der Waals surface area (Å²) < 4.78 is 95.2. The fraction of sp³-hybridized carbons (Fsp3) is 0.393. The zero-order chi connectivity index (χ0) is 39.4. The van der Waals surface area contributed by atoms with E-state index in [-0.39, 0.29) is 12.5 Å². The van der Waals surface area contributed by atoms with E-state index in [9.17, 15) is 44.6 Å². The summed E-state index contributed by atoms with van der Waals surface area (Å²) in [5, 5.41) is 36.2. The molecule has 1 fully saturated rings. The molecule has 6 N–H and O–H groups in total. The molecule has 4 aromatic rings. The van der Waals surface area contributed by atoms with Crippen molar-refractivity contribution in [1.29, 1.82) is 0 Å². The second-order valence-corrected chi connectivity index (χ2v) is 10.7. The maximum absolute atomic E-state index is 10.6. The molecule has 0 aliphatic carbocycles. The van der Waals surface area contributed by atoms with Crippen molar-refractivity contribution in [3.05, 3.63) is 47.6 Å². The second-order valence-electron chi connectivity index (χ2n) is 10.3. The number of piperidine rings is 1. The van der Waals surface area contributed by atoms with Crippen LogP contribution >= 0.6 is 11.6 Å². The van der Waals surface area contributed by atoms with Crippen molar-refractivity contribution < 1.29 is 74.3 Å². The molecule has 1 unspecified atom stereocenters. The number of fused-ring (bicyclic) bond motifs is 2. The molecule has 24 heteroatoms. The number of rotatable bonds is 6. The van der Waals surface area contributed by atoms with Gasteiger partial charge in [0.2, 0.25) is 0 Å². The van der Waals surface area contributed by atoms with E-state index in [0.29, 0.717) is 17.2 Å². The molecule has 286 valence electrons. The number of H-pyrrole nitrogens is 1. The highest BCUT2D eigenvalue weighted by Crippen LogP contribution is 2.37. The molecule has 1 aliphatic heterocycles. The van der Waals surface area contributed by atoms with Crippen LogP contribution in [0, 0.1) is 5.92 Å². The molecule has 0 saturated carbocycles. The third-order valence-electron chi connectivity index (χ3n) is 6.63. The molecule has 52 heavy (non-hydrogen) atoms. The summed E-state index contributed by atoms with van der Waals surface area (Å²) >= 11 is 6.64. The van der Waals surface area contributed by atoms with Crippen LogP contribution in [0.4, 0.5) is 51.0 Å². The summed E-state index contributed by atoms with van der Waals surface area (Å²) in [4.78, 5) is 49.5. The Morgan fingerprint density at radius 1 is 0.923 bits per heavy atom. The number of carboxylic acid groups (broad SMARTS) is 3. The van der Waals surface area contributed by atoms with Crippen molar-refractivity contribution in [3.63, 3.8) is 0 Å². The zero-order valence-electron chi connectivity index (χ0n) is 26.0. The van der Waals surface area contributed by atoms with E-state index in [1.807, 2.05) is 18.3 Å². The minimum absolute atomic E-state index is 0.209. The van der Waals surface area contributed by atoms with E-state index in [4.69, 9.17) is 41.3 Å². The zero-order valence-corrected chi connectivity index (χ0v) is 26.8. The van der Waals surface area contributed by atoms with Crippen LogP contribution in [0.3, 0.4) is 0 Å². The lowest BCUT2D eigenvalue weighted by atomic mass is 9.96. The van der Waals surface area contributed by atoms with Gasteiger partial charge in [-0.25, -0.2) is 29.3 Å². The number of aliphatic hydroxyl groups excluding tert-OH is 1. The lowest BCUT2D eigenvalue weighted by Crippen LogP contribution is -2.37. The molecule has 0 amide bonds. The summed E-state index contributed by atoms with van der Waals surface area (Å²) in [5.41, 5.74) is 4.61. The number of anilines is 2. The van der Waals surface area contributed by atoms with Gasteiger partial charge in [-0.2, -0.15) is 39.5 Å². The first-order valence-corrected chi connectivity index (χ1v) is 14.7. The van der Waals surface area contributed by atoms with Crippen LogP contribution in [0.2, 0.25) is 5.02 Å². The van der Waals surface area contributed by atoms with Crippen molar-refractivity contribution in [1.82, 2.24) is 24.9 Å². The normalized spacial score (nSPS) is 14.6. The van der Waals surface area contributed by atoms with Gasteiger partial charge in [-0.1, -0.05) is 11.6 Å². The number of hydrogen-bond acceptors (Lipinski definition) is 10. The first kappa shape index (κ1) is 43.0. The lowest BCUT2D eigenvalue weighted by molar-refractivity contribution is -0.193. The third-order valence-corrected chi connectivity index (χ3v) is 6.94. The Morgan fingerprint density at radius 2 is 1.50 bits per heavy atom. The minimum atomic E-state index is -5.08. The molecule has 1 aromatic carbocycles. The van der Waals surface area contributed by atoms with Gasteiger partial charge >= 0.3 is 36.4 Å². The average molecular weight is 780 g/mol. The number of carboxylic acids is 3. The van der Waals surface area contributed by atoms with E-state index in [1.54, 1.807) is 6.33 Å². The second kappa shape index (κ2) is 18.3. The molecule has 1 saturated heterocycles. The summed E-state index contributed by atoms with van der Waals surface area (Å²) in [6.45, 7) is 2.65. The quantitative estimate of drug-likeness (QED) is 0.137. The fourth-order valence-corrected chi connectivity index (χ4v) is 4.70. The van der Waals surface area contributed by atoms with Crippen molar-refractivity contribution in [2.24, 2.45) is 5.92 Å². The molecule has 1 aliphatic rings. The highest BCUT2D eigenvalue weighted by Gasteiger charge is 2.39. The maximum Gasteiger partial charge on any atom is 0.490 e. The highest BCUT2D eigenvalue weighted by atomic mass is 35.5. The number of aromatic amines is 1. The summed E-state index contributed by atoms with van der Waals surface area (Å²) in [5.74, 6) is -7.26. The Labute approximate surface area is 290 Å². The van der Waals surface area contributed by atoms with Crippen molar-refractivity contribution in [3.8, 4) is 0 Å². The van der Waals surface area contributed by atoms with Crippen LogP contribution in [0.25, 0.3) is 22.1 Å². The minimum Gasteiger partial charge on any atom is -0.475 e. The van der Waals surface area contributed by atoms with E-state index in [0.717, 1.165) is 65.8 Å². The first-order valence-electron chi connectivity index (χ1n) is 14.3. The summed E-state index contributed by atoms with van der Waals surface area (Å²) in [6.07, 6.45) is -7.45. The average Bonchev–Trinajstić information content (AvgIpc) is 3.55. The third kappa shape index (κ3) is 12.9. The van der Waals surface area contributed by atoms with Gasteiger partial charge < -0.3 is 35.6 Å². The molecule has 4 heterocycles. The molecular weight excluding hydrogens is 753 g/mol. The van der Waals surface area contributed by atoms with Crippen molar-refractivity contribution >= 4 is 63.1 Å². The van der Waals surface area contributed by atoms with Crippen LogP contribution in [-0.2, 0) is 20.8 Å². The molecule has 0 bridgehead atoms. The number of imidazole rings is 1. The van der Waals surface area contributed by atoms with Gasteiger partial charge in [0.15, 0.2) is 11.5 Å². The molecule has 0 radical (unpaired) electrons. The Bertz CT molecular complexity index is 1770. The molecular formula is C28H27ClF9N7O7. The largest absolute Gasteiger partial charge is 0.490 e. The number of nitrogens with one attached hydrogen (secondary N) is 2. The predicted octanol–water partition coefficient (Wildman–Crippen LogP) is 5.32. The van der Waals surface area contributed by atoms with Crippen LogP contribution < -0.4 is 10.2 Å². The van der Waals surface area contributed by atoms with E-state index in [2.05, 4.69) is 41.2 Å². The Kier molecular flexibility index (Phi) is 15.2. The summed E-state index contributed by atoms with van der Waals surface area (Å²) in [7, 11) is 0. The number of alkyl halides is 9. The molecule has 3 aromatic heterocycles. The number of hydrogen-bond donors (Lipinski definition) is 6. The van der Waals surface area contributed by atoms with Crippen molar-refractivity contribution in [2.75, 3.05) is 36.5 Å². The van der Waals surface area contributed by atoms with Crippen molar-refractivity contribution in [2.45, 2.75) is 37.8 Å². The van der Waals surface area contributed by atoms with Crippen LogP contribution in [-0.4, -0.2) is 108 Å². The van der Waals surface area contributed by atoms with Crippen LogP contribution in [0.1, 0.15) is 18.4 Å². The molecule has 14 nitrogen and oxygen atoms in total. The number of aliphatic carboxylic acids is 3. The Balaban J connectivity index is 0.000000365. The SMILES string of the molecule is O=C(O)C(F)(F)F.O=C(O)C(F)(F)F.O=C(O)C(F)(F)F.OCC1CCCN(c2c(CCNc3ncnc4nc[nH]c34)cc(Cl)c3cccnc23)C1. The Hall–Kier alpha value is -5.19. The number of halogens is 10. The molecule has 5 rings (SSSR count). The van der Waals surface area contributed by atoms with E-state index in [1.165, 1.54) is 6.33 Å². The molecule has 1 atom stereocenters. The van der Waals surface area contributed by atoms with Gasteiger partial charge in [0.25, 0.3) is 0 Å². The number of pyridine rings is 1. The van der Waals surface area contributed by atoms with Crippen LogP contribution in [0.5, 0.6) is 0 Å². The number of benzene rings is 1. The number of carbonyl (C=O) groups is 3. The van der Waals surface area contributed by atoms with Gasteiger partial charge in [-0.3, -0.25) is 4.98 Å². The predicted molar refractivity (Wildman–Crippen MR) is 164 cm³/mol. The van der Waals surface area contributed by atoms with Gasteiger partial charge in [0, 0.05) is 37.8 Å². The van der Waals surface area contributed by atoms with E-state index < -0.39 is 36.4 Å². The smallest absolute Gasteiger partial charge is 0.475 e. The van der Waals surface area contributed by atoms with E-state index >= 15 is 0 Å². The molecule has 0 spiro atoms. The Morgan fingerprint density at radius 3 is 2.04 bits per heavy atom. The first-order chi connectivity index (χ1) is 24.1. The number of aromatic nitrogens is 5. The monoisotopic (exact) mass is 779 g/mol.